The minimum absolute atomic E-state index is 0.287. The van der Waals surface area contributed by atoms with Gasteiger partial charge in [0.15, 0.2) is 0 Å². The number of hydrogen-bond donors (Lipinski definition) is 2. The summed E-state index contributed by atoms with van der Waals surface area (Å²) in [5, 5.41) is 2.99. The van der Waals surface area contributed by atoms with Gasteiger partial charge in [0.05, 0.1) is 17.3 Å². The number of sulfonamides is 1. The molecule has 0 atom stereocenters. The van der Waals surface area contributed by atoms with Crippen molar-refractivity contribution in [3.63, 3.8) is 0 Å². The Balaban J connectivity index is 2.24. The quantitative estimate of drug-likeness (QED) is 0.795. The third kappa shape index (κ3) is 3.97. The number of thiophene rings is 1. The zero-order valence-electron chi connectivity index (χ0n) is 11.5. The van der Waals surface area contributed by atoms with Gasteiger partial charge in [-0.05, 0) is 47.2 Å². The molecule has 0 aliphatic rings. The molecule has 0 bridgehead atoms. The minimum Gasteiger partial charge on any atom is -0.495 e. The van der Waals surface area contributed by atoms with Crippen molar-refractivity contribution in [3.05, 3.63) is 39.7 Å². The fourth-order valence-electron chi connectivity index (χ4n) is 1.70. The number of nitrogens with one attached hydrogen (secondary N) is 2. The molecule has 1 heterocycles. The van der Waals surface area contributed by atoms with Gasteiger partial charge in [-0.3, -0.25) is 4.72 Å². The summed E-state index contributed by atoms with van der Waals surface area (Å²) in [5.74, 6) is 0.567. The van der Waals surface area contributed by atoms with E-state index in [4.69, 9.17) is 4.74 Å². The molecule has 0 aliphatic heterocycles. The first-order valence-electron chi connectivity index (χ1n) is 6.06. The lowest BCUT2D eigenvalue weighted by atomic mass is 10.3. The Morgan fingerprint density at radius 1 is 1.29 bits per heavy atom. The third-order valence-corrected chi connectivity index (χ3v) is 6.27. The van der Waals surface area contributed by atoms with Crippen LogP contribution >= 0.6 is 27.3 Å². The van der Waals surface area contributed by atoms with Gasteiger partial charge in [0.25, 0.3) is 10.0 Å². The Kier molecular flexibility index (Phi) is 5.26. The van der Waals surface area contributed by atoms with Crippen molar-refractivity contribution in [2.24, 2.45) is 0 Å². The van der Waals surface area contributed by atoms with Crippen LogP contribution in [0.25, 0.3) is 0 Å². The van der Waals surface area contributed by atoms with Crippen LogP contribution in [0.2, 0.25) is 0 Å². The molecule has 0 radical (unpaired) electrons. The molecule has 0 fully saturated rings. The number of hydrogen-bond acceptors (Lipinski definition) is 5. The zero-order chi connectivity index (χ0) is 15.5. The molecule has 8 heteroatoms. The van der Waals surface area contributed by atoms with Crippen molar-refractivity contribution in [2.75, 3.05) is 18.9 Å². The third-order valence-electron chi connectivity index (χ3n) is 2.66. The highest BCUT2D eigenvalue weighted by Crippen LogP contribution is 2.30. The highest BCUT2D eigenvalue weighted by Gasteiger charge is 2.17. The monoisotopic (exact) mass is 390 g/mol. The lowest BCUT2D eigenvalue weighted by molar-refractivity contribution is 0.412. The van der Waals surface area contributed by atoms with Crippen LogP contribution in [0.4, 0.5) is 5.69 Å². The van der Waals surface area contributed by atoms with Crippen LogP contribution in [0.15, 0.2) is 39.0 Å². The van der Waals surface area contributed by atoms with Crippen molar-refractivity contribution in [1.82, 2.24) is 5.32 Å². The van der Waals surface area contributed by atoms with Gasteiger partial charge in [-0.2, -0.15) is 0 Å². The number of halogens is 1. The second kappa shape index (κ2) is 6.78. The van der Waals surface area contributed by atoms with Crippen LogP contribution < -0.4 is 14.8 Å². The maximum atomic E-state index is 12.3. The maximum absolute atomic E-state index is 12.3. The molecule has 1 aromatic carbocycles. The van der Waals surface area contributed by atoms with Crippen molar-refractivity contribution in [3.8, 4) is 5.75 Å². The molecule has 0 saturated heterocycles. The van der Waals surface area contributed by atoms with E-state index >= 15 is 0 Å². The Morgan fingerprint density at radius 3 is 2.71 bits per heavy atom. The normalized spacial score (nSPS) is 11.4. The molecule has 5 nitrogen and oxygen atoms in total. The lowest BCUT2D eigenvalue weighted by Crippen LogP contribution is -2.11. The summed E-state index contributed by atoms with van der Waals surface area (Å²) in [6.45, 7) is 0.645. The van der Waals surface area contributed by atoms with Gasteiger partial charge in [0.1, 0.15) is 9.96 Å². The smallest absolute Gasteiger partial charge is 0.271 e. The van der Waals surface area contributed by atoms with Crippen LogP contribution in [-0.4, -0.2) is 22.6 Å². The van der Waals surface area contributed by atoms with E-state index in [1.165, 1.54) is 18.4 Å². The molecule has 2 aromatic rings. The molecule has 21 heavy (non-hydrogen) atoms. The summed E-state index contributed by atoms with van der Waals surface area (Å²) in [6, 6.07) is 8.45. The van der Waals surface area contributed by atoms with Gasteiger partial charge < -0.3 is 10.1 Å². The van der Waals surface area contributed by atoms with Crippen LogP contribution in [0.1, 0.15) is 4.88 Å². The second-order valence-electron chi connectivity index (χ2n) is 4.21. The minimum atomic E-state index is -3.58. The topological polar surface area (TPSA) is 67.4 Å². The van der Waals surface area contributed by atoms with Gasteiger partial charge in [0, 0.05) is 17.5 Å². The SMILES string of the molecule is CNCc1ccc(S(=O)(=O)Nc2ccc(Br)c(OC)c2)s1. The van der Waals surface area contributed by atoms with Gasteiger partial charge in [-0.15, -0.1) is 11.3 Å². The molecular formula is C13H15BrN2O3S2. The van der Waals surface area contributed by atoms with Gasteiger partial charge in [0.2, 0.25) is 0 Å². The van der Waals surface area contributed by atoms with E-state index in [9.17, 15) is 8.42 Å². The van der Waals surface area contributed by atoms with Crippen molar-refractivity contribution >= 4 is 43.0 Å². The van der Waals surface area contributed by atoms with Crippen LogP contribution in [0, 0.1) is 0 Å². The zero-order valence-corrected chi connectivity index (χ0v) is 14.7. The largest absolute Gasteiger partial charge is 0.495 e. The first kappa shape index (κ1) is 16.3. The molecule has 0 spiro atoms. The standard InChI is InChI=1S/C13H15BrN2O3S2/c1-15-8-10-4-6-13(20-10)21(17,18)16-9-3-5-11(14)12(7-9)19-2/h3-7,15-16H,8H2,1-2H3. The van der Waals surface area contributed by atoms with Gasteiger partial charge in [-0.1, -0.05) is 0 Å². The Bertz CT molecular complexity index is 729. The number of methoxy groups -OCH3 is 1. The van der Waals surface area contributed by atoms with Gasteiger partial charge in [-0.25, -0.2) is 8.42 Å². The van der Waals surface area contributed by atoms with E-state index < -0.39 is 10.0 Å². The van der Waals surface area contributed by atoms with Crippen LogP contribution in [0.5, 0.6) is 5.75 Å². The average molecular weight is 391 g/mol. The lowest BCUT2D eigenvalue weighted by Gasteiger charge is -2.09. The summed E-state index contributed by atoms with van der Waals surface area (Å²) in [4.78, 5) is 0.964. The molecule has 0 amide bonds. The number of ether oxygens (including phenoxy) is 1. The number of anilines is 1. The van der Waals surface area contributed by atoms with Gasteiger partial charge >= 0.3 is 0 Å². The summed E-state index contributed by atoms with van der Waals surface area (Å²) in [7, 11) is -0.230. The average Bonchev–Trinajstić information content (AvgIpc) is 2.91. The summed E-state index contributed by atoms with van der Waals surface area (Å²) in [6.07, 6.45) is 0. The highest BCUT2D eigenvalue weighted by atomic mass is 79.9. The van der Waals surface area contributed by atoms with Crippen LogP contribution in [0.3, 0.4) is 0 Å². The van der Waals surface area contributed by atoms with E-state index in [0.29, 0.717) is 18.0 Å². The molecule has 1 aromatic heterocycles. The summed E-state index contributed by atoms with van der Waals surface area (Å²) < 4.78 is 33.4. The fraction of sp³-hybridized carbons (Fsp3) is 0.231. The van der Waals surface area contributed by atoms with E-state index in [1.807, 2.05) is 7.05 Å². The fourth-order valence-corrected chi connectivity index (χ4v) is 4.53. The van der Waals surface area contributed by atoms with E-state index in [-0.39, 0.29) is 4.21 Å². The Labute approximate surface area is 136 Å². The van der Waals surface area contributed by atoms with E-state index in [1.54, 1.807) is 30.3 Å². The Morgan fingerprint density at radius 2 is 2.05 bits per heavy atom. The molecular weight excluding hydrogens is 376 g/mol. The molecule has 0 unspecified atom stereocenters. The summed E-state index contributed by atoms with van der Waals surface area (Å²) >= 11 is 4.57. The molecule has 0 saturated carbocycles. The first-order chi connectivity index (χ1) is 9.96. The van der Waals surface area contributed by atoms with Crippen LogP contribution in [-0.2, 0) is 16.6 Å². The molecule has 2 rings (SSSR count). The first-order valence-corrected chi connectivity index (χ1v) is 9.15. The second-order valence-corrected chi connectivity index (χ2v) is 8.14. The Hall–Kier alpha value is -1.09. The van der Waals surface area contributed by atoms with Crippen molar-refractivity contribution < 1.29 is 13.2 Å². The molecule has 114 valence electrons. The predicted molar refractivity (Wildman–Crippen MR) is 88.6 cm³/mol. The van der Waals surface area contributed by atoms with E-state index in [0.717, 1.165) is 9.35 Å². The predicted octanol–water partition coefficient (Wildman–Crippen LogP) is 3.04. The molecule has 0 aliphatic carbocycles. The summed E-state index contributed by atoms with van der Waals surface area (Å²) in [5.41, 5.74) is 0.457. The van der Waals surface area contributed by atoms with E-state index in [2.05, 4.69) is 26.0 Å². The number of rotatable bonds is 6. The number of benzene rings is 1. The highest BCUT2D eigenvalue weighted by molar-refractivity contribution is 9.10. The molecule has 2 N–H and O–H groups in total. The maximum Gasteiger partial charge on any atom is 0.271 e. The van der Waals surface area contributed by atoms with Crippen molar-refractivity contribution in [1.29, 1.82) is 0 Å². The van der Waals surface area contributed by atoms with Crippen molar-refractivity contribution in [2.45, 2.75) is 10.8 Å².